The Hall–Kier alpha value is 0.650. The maximum absolute atomic E-state index is 5.92. The Bertz CT molecular complexity index is 138. The van der Waals surface area contributed by atoms with Crippen molar-refractivity contribution in [3.05, 3.63) is 0 Å². The second-order valence-electron chi connectivity index (χ2n) is 4.69. The Kier molecular flexibility index (Phi) is 6.82. The van der Waals surface area contributed by atoms with Crippen LogP contribution in [0.1, 0.15) is 47.5 Å². The zero-order valence-electron chi connectivity index (χ0n) is 9.55. The molecule has 0 aliphatic carbocycles. The van der Waals surface area contributed by atoms with E-state index in [1.807, 2.05) is 6.92 Å². The van der Waals surface area contributed by atoms with Gasteiger partial charge in [0.2, 0.25) is 0 Å². The van der Waals surface area contributed by atoms with Gasteiger partial charge in [-0.25, -0.2) is 0 Å². The molecule has 0 rings (SSSR count). The van der Waals surface area contributed by atoms with Gasteiger partial charge in [-0.2, -0.15) is 0 Å². The molecule has 13 heavy (non-hydrogen) atoms. The highest BCUT2D eigenvalue weighted by Crippen LogP contribution is 2.36. The molecule has 0 amide bonds. The molecule has 3 heteroatoms. The van der Waals surface area contributed by atoms with Crippen LogP contribution in [0.15, 0.2) is 0 Å². The van der Waals surface area contributed by atoms with E-state index in [0.29, 0.717) is 5.92 Å². The quantitative estimate of drug-likeness (QED) is 0.619. The monoisotopic (exact) mass is 300 g/mol. The van der Waals surface area contributed by atoms with E-state index in [2.05, 4.69) is 27.7 Å². The van der Waals surface area contributed by atoms with Crippen molar-refractivity contribution < 1.29 is 0 Å². The van der Waals surface area contributed by atoms with Crippen molar-refractivity contribution in [2.45, 2.75) is 53.1 Å². The van der Waals surface area contributed by atoms with Gasteiger partial charge in [-0.15, -0.1) is 24.0 Å². The zero-order chi connectivity index (χ0) is 9.99. The lowest BCUT2D eigenvalue weighted by Gasteiger charge is -2.43. The summed E-state index contributed by atoms with van der Waals surface area (Å²) in [6, 6.07) is 0. The van der Waals surface area contributed by atoms with E-state index in [0.717, 1.165) is 0 Å². The molecule has 0 saturated heterocycles. The number of rotatable bonds is 4. The largest absolute Gasteiger partial charge is 0.313 e. The second-order valence-corrected chi connectivity index (χ2v) is 4.69. The molecule has 0 spiro atoms. The van der Waals surface area contributed by atoms with Crippen LogP contribution in [-0.2, 0) is 0 Å². The van der Waals surface area contributed by atoms with Gasteiger partial charge in [0, 0.05) is 0 Å². The first-order valence-electron chi connectivity index (χ1n) is 4.81. The van der Waals surface area contributed by atoms with Crippen LogP contribution in [0.5, 0.6) is 0 Å². The Morgan fingerprint density at radius 1 is 1.15 bits per heavy atom. The molecule has 0 aromatic carbocycles. The Morgan fingerprint density at radius 3 is 1.77 bits per heavy atom. The van der Waals surface area contributed by atoms with Crippen molar-refractivity contribution in [3.63, 3.8) is 0 Å². The first-order valence-corrected chi connectivity index (χ1v) is 4.81. The fraction of sp³-hybridized carbons (Fsp3) is 1.00. The van der Waals surface area contributed by atoms with Gasteiger partial charge in [0.05, 0.1) is 5.66 Å². The lowest BCUT2D eigenvalue weighted by Crippen LogP contribution is -2.60. The summed E-state index contributed by atoms with van der Waals surface area (Å²) in [4.78, 5) is 0. The first-order chi connectivity index (χ1) is 5.23. The van der Waals surface area contributed by atoms with E-state index in [1.54, 1.807) is 0 Å². The fourth-order valence-corrected chi connectivity index (χ4v) is 1.32. The van der Waals surface area contributed by atoms with Crippen LogP contribution in [0.25, 0.3) is 0 Å². The maximum atomic E-state index is 5.92. The standard InChI is InChI=1S/C10H24N2.HI/c1-6-7-8(2)9(3,4)10(5,11)12;/h8H,6-7,11-12H2,1-5H3;1H. The third-order valence-electron chi connectivity index (χ3n) is 3.34. The minimum Gasteiger partial charge on any atom is -0.313 e. The van der Waals surface area contributed by atoms with Gasteiger partial charge < -0.3 is 11.5 Å². The molecule has 2 nitrogen and oxygen atoms in total. The van der Waals surface area contributed by atoms with Crippen LogP contribution < -0.4 is 11.5 Å². The number of nitrogens with two attached hydrogens (primary N) is 2. The molecular weight excluding hydrogens is 275 g/mol. The van der Waals surface area contributed by atoms with Crippen molar-refractivity contribution in [1.82, 2.24) is 0 Å². The minimum absolute atomic E-state index is 0. The molecule has 1 atom stereocenters. The average molecular weight is 300 g/mol. The van der Waals surface area contributed by atoms with Crippen molar-refractivity contribution in [3.8, 4) is 0 Å². The van der Waals surface area contributed by atoms with E-state index in [9.17, 15) is 0 Å². The maximum Gasteiger partial charge on any atom is 0.0662 e. The van der Waals surface area contributed by atoms with Crippen molar-refractivity contribution in [2.75, 3.05) is 0 Å². The predicted molar refractivity (Wildman–Crippen MR) is 70.0 cm³/mol. The lowest BCUT2D eigenvalue weighted by molar-refractivity contribution is 0.103. The van der Waals surface area contributed by atoms with Crippen LogP contribution >= 0.6 is 24.0 Å². The van der Waals surface area contributed by atoms with E-state index >= 15 is 0 Å². The summed E-state index contributed by atoms with van der Waals surface area (Å²) < 4.78 is 0. The third kappa shape index (κ3) is 4.13. The van der Waals surface area contributed by atoms with Crippen LogP contribution in [-0.4, -0.2) is 5.66 Å². The fourth-order valence-electron chi connectivity index (χ4n) is 1.32. The first kappa shape index (κ1) is 16.1. The average Bonchev–Trinajstić information content (AvgIpc) is 1.85. The number of halogens is 1. The Morgan fingerprint density at radius 2 is 1.54 bits per heavy atom. The van der Waals surface area contributed by atoms with E-state index in [-0.39, 0.29) is 29.4 Å². The van der Waals surface area contributed by atoms with Crippen molar-refractivity contribution >= 4 is 24.0 Å². The van der Waals surface area contributed by atoms with Gasteiger partial charge in [-0.05, 0) is 18.3 Å². The summed E-state index contributed by atoms with van der Waals surface area (Å²) in [5, 5.41) is 0. The van der Waals surface area contributed by atoms with E-state index in [1.165, 1.54) is 12.8 Å². The van der Waals surface area contributed by atoms with E-state index < -0.39 is 5.66 Å². The number of hydrogen-bond donors (Lipinski definition) is 2. The van der Waals surface area contributed by atoms with Crippen LogP contribution in [0.4, 0.5) is 0 Å². The van der Waals surface area contributed by atoms with Gasteiger partial charge in [0.15, 0.2) is 0 Å². The summed E-state index contributed by atoms with van der Waals surface area (Å²) in [5.41, 5.74) is 11.3. The molecular formula is C10H25IN2. The number of hydrogen-bond acceptors (Lipinski definition) is 2. The normalized spacial score (nSPS) is 15.0. The van der Waals surface area contributed by atoms with E-state index in [4.69, 9.17) is 11.5 Å². The van der Waals surface area contributed by atoms with Gasteiger partial charge in [0.25, 0.3) is 0 Å². The Balaban J connectivity index is 0. The highest BCUT2D eigenvalue weighted by Gasteiger charge is 2.38. The topological polar surface area (TPSA) is 52.0 Å². The molecule has 0 aliphatic heterocycles. The SMILES string of the molecule is CCCC(C)C(C)(C)C(C)(N)N.I. The molecule has 1 unspecified atom stereocenters. The summed E-state index contributed by atoms with van der Waals surface area (Å²) >= 11 is 0. The third-order valence-corrected chi connectivity index (χ3v) is 3.34. The summed E-state index contributed by atoms with van der Waals surface area (Å²) in [7, 11) is 0. The minimum atomic E-state index is -0.582. The zero-order valence-corrected chi connectivity index (χ0v) is 11.9. The molecule has 0 bridgehead atoms. The molecule has 0 aromatic heterocycles. The lowest BCUT2D eigenvalue weighted by atomic mass is 9.69. The molecule has 82 valence electrons. The highest BCUT2D eigenvalue weighted by atomic mass is 127. The smallest absolute Gasteiger partial charge is 0.0662 e. The molecule has 0 saturated carbocycles. The second kappa shape index (κ2) is 5.51. The predicted octanol–water partition coefficient (Wildman–Crippen LogP) is 2.70. The molecule has 0 radical (unpaired) electrons. The van der Waals surface area contributed by atoms with Crippen LogP contribution in [0, 0.1) is 11.3 Å². The molecule has 4 N–H and O–H groups in total. The van der Waals surface area contributed by atoms with Crippen LogP contribution in [0.3, 0.4) is 0 Å². The Labute approximate surface area is 99.8 Å². The summed E-state index contributed by atoms with van der Waals surface area (Å²) in [6.45, 7) is 10.6. The molecule has 0 fully saturated rings. The summed E-state index contributed by atoms with van der Waals surface area (Å²) in [6.07, 6.45) is 2.39. The highest BCUT2D eigenvalue weighted by molar-refractivity contribution is 14.0. The van der Waals surface area contributed by atoms with Gasteiger partial charge in [-0.1, -0.05) is 40.5 Å². The van der Waals surface area contributed by atoms with Crippen molar-refractivity contribution in [2.24, 2.45) is 22.8 Å². The van der Waals surface area contributed by atoms with Gasteiger partial charge in [0.1, 0.15) is 0 Å². The van der Waals surface area contributed by atoms with Crippen LogP contribution in [0.2, 0.25) is 0 Å². The summed E-state index contributed by atoms with van der Waals surface area (Å²) in [5.74, 6) is 0.572. The molecule has 0 heterocycles. The molecule has 0 aliphatic rings. The van der Waals surface area contributed by atoms with Crippen molar-refractivity contribution in [1.29, 1.82) is 0 Å². The molecule has 0 aromatic rings. The van der Waals surface area contributed by atoms with Gasteiger partial charge in [-0.3, -0.25) is 0 Å². The van der Waals surface area contributed by atoms with Gasteiger partial charge >= 0.3 is 0 Å².